The highest BCUT2D eigenvalue weighted by molar-refractivity contribution is 6.23. The van der Waals surface area contributed by atoms with E-state index in [-0.39, 0.29) is 6.61 Å². The van der Waals surface area contributed by atoms with Gasteiger partial charge >= 0.3 is 7.41 Å². The second kappa shape index (κ2) is 3.10. The molecule has 47 valence electrons. The number of quaternary nitrogens is 1. The summed E-state index contributed by atoms with van der Waals surface area (Å²) in [5.74, 6) is 0. The summed E-state index contributed by atoms with van der Waals surface area (Å²) in [5, 5.41) is 8.50. The minimum atomic E-state index is 0.261. The first-order valence-electron chi connectivity index (χ1n) is 2.86. The van der Waals surface area contributed by atoms with Gasteiger partial charge in [-0.2, -0.15) is 0 Å². The Labute approximate surface area is 52.0 Å². The van der Waals surface area contributed by atoms with Crippen LogP contribution < -0.4 is 0 Å². The zero-order valence-corrected chi connectivity index (χ0v) is 5.89. The molecule has 0 aliphatic carbocycles. The van der Waals surface area contributed by atoms with E-state index in [0.717, 1.165) is 10.9 Å². The van der Waals surface area contributed by atoms with E-state index in [2.05, 4.69) is 21.5 Å². The molecule has 3 heteroatoms. The van der Waals surface area contributed by atoms with Crippen LogP contribution >= 0.6 is 0 Å². The Morgan fingerprint density at radius 2 is 2.00 bits per heavy atom. The Morgan fingerprint density at radius 3 is 2.12 bits per heavy atom. The van der Waals surface area contributed by atoms with Gasteiger partial charge < -0.3 is 9.50 Å². The van der Waals surface area contributed by atoms with Gasteiger partial charge in [-0.3, -0.25) is 0 Å². The highest BCUT2D eigenvalue weighted by Crippen LogP contribution is 1.89. The van der Waals surface area contributed by atoms with Crippen LogP contribution in [0.15, 0.2) is 0 Å². The maximum absolute atomic E-state index is 8.50. The van der Waals surface area contributed by atoms with E-state index in [1.54, 1.807) is 0 Å². The molecule has 0 aromatic rings. The topological polar surface area (TPSA) is 20.2 Å². The van der Waals surface area contributed by atoms with Crippen molar-refractivity contribution in [2.75, 3.05) is 27.2 Å². The predicted molar refractivity (Wildman–Crippen MR) is 35.7 cm³/mol. The molecule has 0 aliphatic heterocycles. The van der Waals surface area contributed by atoms with Crippen molar-refractivity contribution in [1.82, 2.24) is 0 Å². The van der Waals surface area contributed by atoms with Gasteiger partial charge in [0, 0.05) is 14.1 Å². The van der Waals surface area contributed by atoms with Crippen LogP contribution in [-0.4, -0.2) is 44.2 Å². The van der Waals surface area contributed by atoms with Crippen LogP contribution in [0.2, 0.25) is 6.82 Å². The summed E-state index contributed by atoms with van der Waals surface area (Å²) in [7, 11) is 6.16. The maximum atomic E-state index is 8.50. The van der Waals surface area contributed by atoms with Gasteiger partial charge in [-0.15, -0.1) is 0 Å². The lowest BCUT2D eigenvalue weighted by atomic mass is 9.93. The summed E-state index contributed by atoms with van der Waals surface area (Å²) in [4.78, 5) is 0. The number of aliphatic hydroxyl groups excluding tert-OH is 1. The normalized spacial score (nSPS) is 11.5. The van der Waals surface area contributed by atoms with Crippen molar-refractivity contribution in [2.24, 2.45) is 0 Å². The number of nitrogens with zero attached hydrogens (tertiary/aromatic N) is 1. The van der Waals surface area contributed by atoms with Crippen LogP contribution in [0.3, 0.4) is 0 Å². The van der Waals surface area contributed by atoms with Gasteiger partial charge in [-0.25, -0.2) is 0 Å². The Morgan fingerprint density at radius 1 is 1.50 bits per heavy atom. The van der Waals surface area contributed by atoms with Crippen molar-refractivity contribution in [3.63, 3.8) is 0 Å². The van der Waals surface area contributed by atoms with Gasteiger partial charge in [-0.1, -0.05) is 0 Å². The smallest absolute Gasteiger partial charge is 0.398 e. The van der Waals surface area contributed by atoms with Crippen LogP contribution in [0.5, 0.6) is 0 Å². The molecule has 0 rings (SSSR count). The predicted octanol–water partition coefficient (Wildman–Crippen LogP) is -0.278. The van der Waals surface area contributed by atoms with Crippen molar-refractivity contribution >= 4 is 7.41 Å². The molecular formula is C5H14BNO+. The third-order valence-corrected chi connectivity index (χ3v) is 1.38. The first kappa shape index (κ1) is 7.98. The van der Waals surface area contributed by atoms with Crippen LogP contribution in [0.1, 0.15) is 0 Å². The Hall–Kier alpha value is -0.0151. The average Bonchev–Trinajstić information content (AvgIpc) is 1.67. The lowest BCUT2D eigenvalue weighted by molar-refractivity contribution is -0.779. The first-order chi connectivity index (χ1) is 3.62. The van der Waals surface area contributed by atoms with Crippen LogP contribution in [0, 0.1) is 0 Å². The van der Waals surface area contributed by atoms with Gasteiger partial charge in [0.15, 0.2) is 0 Å². The van der Waals surface area contributed by atoms with E-state index < -0.39 is 0 Å². The van der Waals surface area contributed by atoms with Gasteiger partial charge in [0.1, 0.15) is 0 Å². The second-order valence-corrected chi connectivity index (χ2v) is 2.48. The van der Waals surface area contributed by atoms with E-state index in [0.29, 0.717) is 0 Å². The lowest BCUT2D eigenvalue weighted by Crippen LogP contribution is -2.43. The standard InChI is InChI=1S/C5H14BNO/c1-6-7(2,3)4-5-8/h8H,4-5H2,1-3H3/q+1. The third kappa shape index (κ3) is 3.05. The van der Waals surface area contributed by atoms with Gasteiger partial charge in [0.2, 0.25) is 0 Å². The van der Waals surface area contributed by atoms with Gasteiger partial charge in [0.05, 0.1) is 13.2 Å². The molecule has 8 heavy (non-hydrogen) atoms. The minimum Gasteiger partial charge on any atom is -0.398 e. The molecule has 0 aromatic carbocycles. The summed E-state index contributed by atoms with van der Waals surface area (Å²) < 4.78 is 0.788. The van der Waals surface area contributed by atoms with Crippen molar-refractivity contribution in [1.29, 1.82) is 0 Å². The molecular weight excluding hydrogens is 101 g/mol. The van der Waals surface area contributed by atoms with E-state index in [4.69, 9.17) is 5.11 Å². The number of aliphatic hydroxyl groups is 1. The zero-order valence-electron chi connectivity index (χ0n) is 5.89. The molecule has 0 saturated heterocycles. The number of hydrogen-bond acceptors (Lipinski definition) is 1. The molecule has 0 spiro atoms. The molecule has 0 saturated carbocycles. The second-order valence-electron chi connectivity index (χ2n) is 2.48. The van der Waals surface area contributed by atoms with E-state index in [1.165, 1.54) is 0 Å². The highest BCUT2D eigenvalue weighted by atomic mass is 16.3. The summed E-state index contributed by atoms with van der Waals surface area (Å²) in [5.41, 5.74) is 0. The molecule has 0 bridgehead atoms. The quantitative estimate of drug-likeness (QED) is 0.501. The molecule has 1 N–H and O–H groups in total. The average molecular weight is 115 g/mol. The Kier molecular flexibility index (Phi) is 3.09. The molecule has 0 amide bonds. The zero-order chi connectivity index (χ0) is 6.62. The maximum Gasteiger partial charge on any atom is 0.442 e. The van der Waals surface area contributed by atoms with Crippen molar-refractivity contribution < 1.29 is 9.50 Å². The van der Waals surface area contributed by atoms with E-state index in [9.17, 15) is 0 Å². The molecule has 0 atom stereocenters. The van der Waals surface area contributed by atoms with E-state index in [1.807, 2.05) is 6.82 Å². The van der Waals surface area contributed by atoms with Crippen LogP contribution in [0.25, 0.3) is 0 Å². The highest BCUT2D eigenvalue weighted by Gasteiger charge is 2.12. The fraction of sp³-hybridized carbons (Fsp3) is 1.00. The molecule has 1 radical (unpaired) electrons. The Balaban J connectivity index is 3.37. The SMILES string of the molecule is C[B][N+](C)(C)CCO. The van der Waals surface area contributed by atoms with Crippen molar-refractivity contribution in [3.05, 3.63) is 0 Å². The number of rotatable bonds is 3. The Bertz CT molecular complexity index is 65.4. The molecule has 0 aromatic heterocycles. The fourth-order valence-corrected chi connectivity index (χ4v) is 0.387. The van der Waals surface area contributed by atoms with Gasteiger partial charge in [-0.05, 0) is 6.82 Å². The number of hydrogen-bond donors (Lipinski definition) is 1. The molecule has 0 fully saturated rings. The largest absolute Gasteiger partial charge is 0.442 e. The van der Waals surface area contributed by atoms with Gasteiger partial charge in [0.25, 0.3) is 0 Å². The monoisotopic (exact) mass is 115 g/mol. The summed E-state index contributed by atoms with van der Waals surface area (Å²) >= 11 is 0. The number of likely N-dealkylation sites (N-methyl/N-ethyl adjacent to an activating group) is 1. The summed E-state index contributed by atoms with van der Waals surface area (Å²) in [6.07, 6.45) is 0. The fourth-order valence-electron chi connectivity index (χ4n) is 0.387. The van der Waals surface area contributed by atoms with Crippen LogP contribution in [0.4, 0.5) is 0 Å². The molecule has 0 unspecified atom stereocenters. The van der Waals surface area contributed by atoms with Crippen molar-refractivity contribution in [2.45, 2.75) is 6.82 Å². The lowest BCUT2D eigenvalue weighted by Gasteiger charge is -2.26. The molecule has 2 nitrogen and oxygen atoms in total. The van der Waals surface area contributed by atoms with E-state index >= 15 is 0 Å². The van der Waals surface area contributed by atoms with Crippen molar-refractivity contribution in [3.8, 4) is 0 Å². The minimum absolute atomic E-state index is 0.261. The summed E-state index contributed by atoms with van der Waals surface area (Å²) in [6.45, 7) is 3.06. The summed E-state index contributed by atoms with van der Waals surface area (Å²) in [6, 6.07) is 0. The van der Waals surface area contributed by atoms with Crippen LogP contribution in [-0.2, 0) is 0 Å². The molecule has 0 aliphatic rings. The molecule has 0 heterocycles. The third-order valence-electron chi connectivity index (χ3n) is 1.38. The first-order valence-corrected chi connectivity index (χ1v) is 2.86.